The zero-order valence-electron chi connectivity index (χ0n) is 9.12. The van der Waals surface area contributed by atoms with Crippen LogP contribution in [-0.4, -0.2) is 28.1 Å². The molecule has 0 aromatic heterocycles. The number of carboxylic acids is 1. The van der Waals surface area contributed by atoms with Gasteiger partial charge in [0.15, 0.2) is 5.75 Å². The van der Waals surface area contributed by atoms with Gasteiger partial charge in [-0.2, -0.15) is 0 Å². The number of carbonyl (C=O) groups is 1. The predicted octanol–water partition coefficient (Wildman–Crippen LogP) is 0.776. The third-order valence-corrected chi connectivity index (χ3v) is 2.08. The topological polar surface area (TPSA) is 116 Å². The van der Waals surface area contributed by atoms with E-state index in [0.717, 1.165) is 0 Å². The Morgan fingerprint density at radius 3 is 2.71 bits per heavy atom. The second-order valence-electron chi connectivity index (χ2n) is 3.74. The number of hydrogen-bond donors (Lipinski definition) is 2. The molecular formula is C10H12N2O5. The van der Waals surface area contributed by atoms with E-state index in [-0.39, 0.29) is 18.0 Å². The maximum atomic E-state index is 10.7. The number of nitrogens with zero attached hydrogens (tertiary/aromatic N) is 1. The van der Waals surface area contributed by atoms with E-state index in [9.17, 15) is 14.9 Å². The van der Waals surface area contributed by atoms with Gasteiger partial charge in [0.25, 0.3) is 0 Å². The van der Waals surface area contributed by atoms with Gasteiger partial charge in [-0.1, -0.05) is 12.1 Å². The summed E-state index contributed by atoms with van der Waals surface area (Å²) in [4.78, 5) is 20.8. The quantitative estimate of drug-likeness (QED) is 0.580. The Labute approximate surface area is 97.0 Å². The molecule has 7 nitrogen and oxygen atoms in total. The van der Waals surface area contributed by atoms with Crippen molar-refractivity contribution < 1.29 is 19.6 Å². The number of aliphatic carboxylic acids is 1. The molecule has 0 radical (unpaired) electrons. The van der Waals surface area contributed by atoms with Crippen LogP contribution < -0.4 is 10.5 Å². The van der Waals surface area contributed by atoms with E-state index in [1.807, 2.05) is 0 Å². The summed E-state index contributed by atoms with van der Waals surface area (Å²) in [5.41, 5.74) is 3.62. The van der Waals surface area contributed by atoms with Crippen LogP contribution in [0.1, 0.15) is 6.92 Å². The predicted molar refractivity (Wildman–Crippen MR) is 58.8 cm³/mol. The highest BCUT2D eigenvalue weighted by Gasteiger charge is 2.30. The van der Waals surface area contributed by atoms with Crippen molar-refractivity contribution in [3.05, 3.63) is 34.4 Å². The Morgan fingerprint density at radius 2 is 2.18 bits per heavy atom. The summed E-state index contributed by atoms with van der Waals surface area (Å²) in [5, 5.41) is 19.4. The van der Waals surface area contributed by atoms with Crippen molar-refractivity contribution in [1.82, 2.24) is 0 Å². The van der Waals surface area contributed by atoms with E-state index in [1.165, 1.54) is 25.1 Å². The molecular weight excluding hydrogens is 228 g/mol. The Morgan fingerprint density at radius 1 is 1.59 bits per heavy atom. The van der Waals surface area contributed by atoms with Gasteiger partial charge in [-0.3, -0.25) is 14.9 Å². The molecule has 0 saturated heterocycles. The molecule has 0 saturated carbocycles. The van der Waals surface area contributed by atoms with Crippen LogP contribution in [0.2, 0.25) is 0 Å². The molecule has 0 bridgehead atoms. The average Bonchev–Trinajstić information content (AvgIpc) is 2.26. The van der Waals surface area contributed by atoms with Crippen molar-refractivity contribution in [3.8, 4) is 5.75 Å². The van der Waals surface area contributed by atoms with Gasteiger partial charge in [0.05, 0.1) is 4.92 Å². The van der Waals surface area contributed by atoms with Gasteiger partial charge in [0, 0.05) is 6.07 Å². The first-order chi connectivity index (χ1) is 7.84. The monoisotopic (exact) mass is 240 g/mol. The molecule has 0 amide bonds. The van der Waals surface area contributed by atoms with Gasteiger partial charge in [0.2, 0.25) is 0 Å². The lowest BCUT2D eigenvalue weighted by Crippen LogP contribution is -2.50. The van der Waals surface area contributed by atoms with Crippen LogP contribution in [0.5, 0.6) is 5.75 Å². The Kier molecular flexibility index (Phi) is 3.64. The summed E-state index contributed by atoms with van der Waals surface area (Å²) >= 11 is 0. The minimum absolute atomic E-state index is 0.00424. The molecule has 0 heterocycles. The van der Waals surface area contributed by atoms with Gasteiger partial charge in [-0.05, 0) is 13.0 Å². The highest BCUT2D eigenvalue weighted by molar-refractivity contribution is 5.78. The summed E-state index contributed by atoms with van der Waals surface area (Å²) in [6.07, 6.45) is 0. The highest BCUT2D eigenvalue weighted by atomic mass is 16.6. The summed E-state index contributed by atoms with van der Waals surface area (Å²) in [5.74, 6) is -1.24. The number of carboxylic acid groups (broad SMARTS) is 1. The first-order valence-corrected chi connectivity index (χ1v) is 4.73. The highest BCUT2D eigenvalue weighted by Crippen LogP contribution is 2.26. The Bertz CT molecular complexity index is 444. The molecule has 0 aliphatic rings. The van der Waals surface area contributed by atoms with Gasteiger partial charge >= 0.3 is 11.7 Å². The molecule has 1 unspecified atom stereocenters. The van der Waals surface area contributed by atoms with Crippen molar-refractivity contribution in [1.29, 1.82) is 0 Å². The van der Waals surface area contributed by atoms with Crippen LogP contribution in [-0.2, 0) is 4.79 Å². The zero-order valence-corrected chi connectivity index (χ0v) is 9.12. The first kappa shape index (κ1) is 12.9. The van der Waals surface area contributed by atoms with Gasteiger partial charge in [0.1, 0.15) is 12.1 Å². The zero-order chi connectivity index (χ0) is 13.1. The third-order valence-electron chi connectivity index (χ3n) is 2.08. The number of rotatable bonds is 5. The summed E-state index contributed by atoms with van der Waals surface area (Å²) in [7, 11) is 0. The van der Waals surface area contributed by atoms with Crippen LogP contribution in [0.15, 0.2) is 24.3 Å². The fourth-order valence-corrected chi connectivity index (χ4v) is 1.02. The third kappa shape index (κ3) is 3.15. The van der Waals surface area contributed by atoms with E-state index >= 15 is 0 Å². The van der Waals surface area contributed by atoms with Crippen LogP contribution in [0.25, 0.3) is 0 Å². The van der Waals surface area contributed by atoms with Crippen molar-refractivity contribution in [3.63, 3.8) is 0 Å². The first-order valence-electron chi connectivity index (χ1n) is 4.73. The normalized spacial score (nSPS) is 13.8. The van der Waals surface area contributed by atoms with Gasteiger partial charge in [-0.15, -0.1) is 0 Å². The largest absolute Gasteiger partial charge is 0.484 e. The molecule has 0 aliphatic carbocycles. The molecule has 92 valence electrons. The molecule has 7 heteroatoms. The number of nitrogens with two attached hydrogens (primary N) is 1. The lowest BCUT2D eigenvalue weighted by atomic mass is 10.1. The molecule has 17 heavy (non-hydrogen) atoms. The lowest BCUT2D eigenvalue weighted by molar-refractivity contribution is -0.385. The molecule has 1 aromatic carbocycles. The standard InChI is InChI=1S/C10H12N2O5/c1-10(11,9(13)14)6-17-8-5-3-2-4-7(8)12(15)16/h2-5H,6,11H2,1H3,(H,13,14). The number of hydrogen-bond acceptors (Lipinski definition) is 5. The maximum absolute atomic E-state index is 10.7. The number of nitro benzene ring substituents is 1. The smallest absolute Gasteiger partial charge is 0.326 e. The molecule has 0 aliphatic heterocycles. The Hall–Kier alpha value is -2.15. The molecule has 3 N–H and O–H groups in total. The minimum Gasteiger partial charge on any atom is -0.484 e. The van der Waals surface area contributed by atoms with Crippen LogP contribution in [0.3, 0.4) is 0 Å². The van der Waals surface area contributed by atoms with Gasteiger partial charge in [-0.25, -0.2) is 0 Å². The molecule has 0 spiro atoms. The summed E-state index contributed by atoms with van der Waals surface area (Å²) in [6, 6.07) is 5.70. The van der Waals surface area contributed by atoms with Crippen LogP contribution in [0, 0.1) is 10.1 Å². The average molecular weight is 240 g/mol. The molecule has 1 atom stereocenters. The number of para-hydroxylation sites is 2. The van der Waals surface area contributed by atoms with E-state index in [4.69, 9.17) is 15.6 Å². The van der Waals surface area contributed by atoms with Crippen molar-refractivity contribution in [2.75, 3.05) is 6.61 Å². The molecule has 0 fully saturated rings. The minimum atomic E-state index is -1.59. The van der Waals surface area contributed by atoms with Crippen molar-refractivity contribution >= 4 is 11.7 Å². The fourth-order valence-electron chi connectivity index (χ4n) is 1.02. The number of nitro groups is 1. The lowest BCUT2D eigenvalue weighted by Gasteiger charge is -2.19. The maximum Gasteiger partial charge on any atom is 0.326 e. The summed E-state index contributed by atoms with van der Waals surface area (Å²) < 4.78 is 5.08. The second kappa shape index (κ2) is 4.79. The van der Waals surface area contributed by atoms with Crippen molar-refractivity contribution in [2.24, 2.45) is 5.73 Å². The van der Waals surface area contributed by atoms with Crippen LogP contribution in [0.4, 0.5) is 5.69 Å². The number of benzene rings is 1. The molecule has 1 aromatic rings. The SMILES string of the molecule is CC(N)(COc1ccccc1[N+](=O)[O-])C(=O)O. The van der Waals surface area contributed by atoms with Crippen LogP contribution >= 0.6 is 0 Å². The fraction of sp³-hybridized carbons (Fsp3) is 0.300. The van der Waals surface area contributed by atoms with E-state index < -0.39 is 16.4 Å². The Balaban J connectivity index is 2.83. The van der Waals surface area contributed by atoms with E-state index in [1.54, 1.807) is 6.07 Å². The van der Waals surface area contributed by atoms with Gasteiger partial charge < -0.3 is 15.6 Å². The van der Waals surface area contributed by atoms with Crippen molar-refractivity contribution in [2.45, 2.75) is 12.5 Å². The van der Waals surface area contributed by atoms with E-state index in [2.05, 4.69) is 0 Å². The number of ether oxygens (including phenoxy) is 1. The second-order valence-corrected chi connectivity index (χ2v) is 3.74. The van der Waals surface area contributed by atoms with E-state index in [0.29, 0.717) is 0 Å². The molecule has 1 rings (SSSR count). The summed E-state index contributed by atoms with van der Waals surface area (Å²) in [6.45, 7) is 0.914.